The molecule has 2 heterocycles. The Hall–Kier alpha value is -2.18. The van der Waals surface area contributed by atoms with Crippen LogP contribution in [0.5, 0.6) is 0 Å². The average Bonchev–Trinajstić information content (AvgIpc) is 2.90. The number of likely N-dealkylation sites (tertiary alicyclic amines) is 1. The van der Waals surface area contributed by atoms with Crippen molar-refractivity contribution >= 4 is 5.91 Å². The van der Waals surface area contributed by atoms with Crippen molar-refractivity contribution in [2.75, 3.05) is 33.8 Å². The number of benzene rings is 1. The van der Waals surface area contributed by atoms with E-state index in [0.29, 0.717) is 36.5 Å². The first-order chi connectivity index (χ1) is 13.0. The van der Waals surface area contributed by atoms with Crippen LogP contribution in [0.1, 0.15) is 24.3 Å². The van der Waals surface area contributed by atoms with Crippen LogP contribution in [0.25, 0.3) is 11.5 Å². The van der Waals surface area contributed by atoms with Crippen molar-refractivity contribution in [1.82, 2.24) is 14.8 Å². The highest BCUT2D eigenvalue weighted by atomic mass is 16.4. The summed E-state index contributed by atoms with van der Waals surface area (Å²) in [5.41, 5.74) is 1.59. The highest BCUT2D eigenvalue weighted by Gasteiger charge is 2.28. The quantitative estimate of drug-likeness (QED) is 0.874. The maximum Gasteiger partial charge on any atom is 0.228 e. The molecule has 1 amide bonds. The third-order valence-electron chi connectivity index (χ3n) is 5.39. The van der Waals surface area contributed by atoms with Crippen LogP contribution in [-0.4, -0.2) is 65.6 Å². The molecule has 2 atom stereocenters. The van der Waals surface area contributed by atoms with E-state index < -0.39 is 0 Å². The SMILES string of the molecule is Cc1oc(-c2ccccc2)nc1CC(=O)N1C[C@@H](CO)CC[C@@H](N(C)C)C1. The Bertz CT molecular complexity index is 757. The Labute approximate surface area is 160 Å². The van der Waals surface area contributed by atoms with Gasteiger partial charge in [-0.2, -0.15) is 0 Å². The summed E-state index contributed by atoms with van der Waals surface area (Å²) in [6, 6.07) is 10.0. The van der Waals surface area contributed by atoms with Gasteiger partial charge in [-0.1, -0.05) is 18.2 Å². The number of amides is 1. The molecule has 1 fully saturated rings. The zero-order valence-electron chi connectivity index (χ0n) is 16.4. The van der Waals surface area contributed by atoms with Gasteiger partial charge < -0.3 is 19.3 Å². The molecule has 0 saturated carbocycles. The van der Waals surface area contributed by atoms with Gasteiger partial charge in [0.25, 0.3) is 0 Å². The van der Waals surface area contributed by atoms with Crippen molar-refractivity contribution in [3.05, 3.63) is 41.8 Å². The Morgan fingerprint density at radius 3 is 2.67 bits per heavy atom. The summed E-state index contributed by atoms with van der Waals surface area (Å²) < 4.78 is 5.79. The largest absolute Gasteiger partial charge is 0.441 e. The summed E-state index contributed by atoms with van der Waals surface area (Å²) in [7, 11) is 4.08. The van der Waals surface area contributed by atoms with Crippen LogP contribution in [0.4, 0.5) is 0 Å². The van der Waals surface area contributed by atoms with Crippen molar-refractivity contribution in [2.45, 2.75) is 32.2 Å². The normalized spacial score (nSPS) is 20.7. The number of carbonyl (C=O) groups excluding carboxylic acids is 1. The minimum absolute atomic E-state index is 0.0400. The predicted octanol–water partition coefficient (Wildman–Crippen LogP) is 2.35. The lowest BCUT2D eigenvalue weighted by Gasteiger charge is -2.29. The zero-order chi connectivity index (χ0) is 19.4. The summed E-state index contributed by atoms with van der Waals surface area (Å²) >= 11 is 0. The first kappa shape index (κ1) is 19.6. The van der Waals surface area contributed by atoms with Gasteiger partial charge >= 0.3 is 0 Å². The van der Waals surface area contributed by atoms with E-state index in [0.717, 1.165) is 18.4 Å². The fourth-order valence-corrected chi connectivity index (χ4v) is 3.58. The van der Waals surface area contributed by atoms with Crippen molar-refractivity contribution in [1.29, 1.82) is 0 Å². The monoisotopic (exact) mass is 371 g/mol. The van der Waals surface area contributed by atoms with Crippen LogP contribution in [0.15, 0.2) is 34.7 Å². The van der Waals surface area contributed by atoms with Crippen molar-refractivity contribution in [3.8, 4) is 11.5 Å². The number of likely N-dealkylation sites (N-methyl/N-ethyl adjacent to an activating group) is 1. The number of hydrogen-bond acceptors (Lipinski definition) is 5. The van der Waals surface area contributed by atoms with Crippen molar-refractivity contribution in [2.24, 2.45) is 5.92 Å². The molecule has 27 heavy (non-hydrogen) atoms. The number of oxazole rings is 1. The molecule has 0 bridgehead atoms. The van der Waals surface area contributed by atoms with E-state index in [4.69, 9.17) is 4.42 Å². The first-order valence-corrected chi connectivity index (χ1v) is 9.54. The van der Waals surface area contributed by atoms with Gasteiger partial charge in [0.2, 0.25) is 11.8 Å². The summed E-state index contributed by atoms with van der Waals surface area (Å²) in [6.07, 6.45) is 2.15. The number of hydrogen-bond donors (Lipinski definition) is 1. The highest BCUT2D eigenvalue weighted by molar-refractivity contribution is 5.79. The van der Waals surface area contributed by atoms with Crippen LogP contribution < -0.4 is 0 Å². The maximum atomic E-state index is 13.0. The van der Waals surface area contributed by atoms with Crippen LogP contribution in [0.2, 0.25) is 0 Å². The highest BCUT2D eigenvalue weighted by Crippen LogP contribution is 2.23. The Morgan fingerprint density at radius 1 is 1.26 bits per heavy atom. The van der Waals surface area contributed by atoms with Gasteiger partial charge in [-0.15, -0.1) is 0 Å². The molecule has 0 spiro atoms. The van der Waals surface area contributed by atoms with Crippen LogP contribution in [-0.2, 0) is 11.2 Å². The Kier molecular flexibility index (Phi) is 6.29. The third kappa shape index (κ3) is 4.76. The average molecular weight is 371 g/mol. The van der Waals surface area contributed by atoms with Gasteiger partial charge in [-0.3, -0.25) is 4.79 Å². The molecule has 6 nitrogen and oxygen atoms in total. The summed E-state index contributed by atoms with van der Waals surface area (Å²) in [6.45, 7) is 3.25. The minimum atomic E-state index is 0.0400. The number of aliphatic hydroxyl groups excluding tert-OH is 1. The van der Waals surface area contributed by atoms with E-state index in [9.17, 15) is 9.90 Å². The smallest absolute Gasteiger partial charge is 0.228 e. The van der Waals surface area contributed by atoms with Crippen molar-refractivity contribution in [3.63, 3.8) is 0 Å². The molecule has 0 unspecified atom stereocenters. The van der Waals surface area contributed by atoms with Gasteiger partial charge in [0.1, 0.15) is 5.76 Å². The minimum Gasteiger partial charge on any atom is -0.441 e. The molecular weight excluding hydrogens is 342 g/mol. The predicted molar refractivity (Wildman–Crippen MR) is 104 cm³/mol. The van der Waals surface area contributed by atoms with Crippen molar-refractivity contribution < 1.29 is 14.3 Å². The van der Waals surface area contributed by atoms with E-state index in [1.165, 1.54) is 0 Å². The molecule has 6 heteroatoms. The van der Waals surface area contributed by atoms with Gasteiger partial charge in [-0.05, 0) is 51.9 Å². The van der Waals surface area contributed by atoms with Crippen LogP contribution >= 0.6 is 0 Å². The number of carbonyl (C=O) groups is 1. The molecule has 0 radical (unpaired) electrons. The van der Waals surface area contributed by atoms with Gasteiger partial charge in [0.05, 0.1) is 12.1 Å². The van der Waals surface area contributed by atoms with E-state index in [1.807, 2.05) is 56.3 Å². The molecular formula is C21H29N3O3. The van der Waals surface area contributed by atoms with E-state index >= 15 is 0 Å². The molecule has 1 aromatic heterocycles. The fraction of sp³-hybridized carbons (Fsp3) is 0.524. The van der Waals surface area contributed by atoms with E-state index in [-0.39, 0.29) is 24.9 Å². The number of aryl methyl sites for hydroxylation is 1. The van der Waals surface area contributed by atoms with Gasteiger partial charge in [-0.25, -0.2) is 4.98 Å². The number of aromatic nitrogens is 1. The fourth-order valence-electron chi connectivity index (χ4n) is 3.58. The molecule has 1 aliphatic heterocycles. The van der Waals surface area contributed by atoms with Gasteiger partial charge in [0.15, 0.2) is 0 Å². The molecule has 1 N–H and O–H groups in total. The molecule has 146 valence electrons. The maximum absolute atomic E-state index is 13.0. The Morgan fingerprint density at radius 2 is 2.00 bits per heavy atom. The number of nitrogens with zero attached hydrogens (tertiary/aromatic N) is 3. The molecule has 0 aliphatic carbocycles. The van der Waals surface area contributed by atoms with Crippen LogP contribution in [0, 0.1) is 12.8 Å². The lowest BCUT2D eigenvalue weighted by molar-refractivity contribution is -0.131. The van der Waals surface area contributed by atoms with E-state index in [1.54, 1.807) is 0 Å². The summed E-state index contributed by atoms with van der Waals surface area (Å²) in [5, 5.41) is 9.62. The Balaban J connectivity index is 1.74. The standard InChI is InChI=1S/C21H29N3O3/c1-15-19(22-21(27-15)17-7-5-4-6-8-17)11-20(26)24-12-16(14-25)9-10-18(13-24)23(2)3/h4-8,16,18,25H,9-14H2,1-3H3/t16-,18+/m0/s1. The zero-order valence-corrected chi connectivity index (χ0v) is 16.4. The number of aliphatic hydroxyl groups is 1. The third-order valence-corrected chi connectivity index (χ3v) is 5.39. The second kappa shape index (κ2) is 8.67. The van der Waals surface area contributed by atoms with Crippen LogP contribution in [0.3, 0.4) is 0 Å². The topological polar surface area (TPSA) is 69.8 Å². The first-order valence-electron chi connectivity index (χ1n) is 9.54. The molecule has 2 aromatic rings. The number of rotatable bonds is 5. The lowest BCUT2D eigenvalue weighted by Crippen LogP contribution is -2.43. The van der Waals surface area contributed by atoms with E-state index in [2.05, 4.69) is 9.88 Å². The molecule has 1 saturated heterocycles. The summed E-state index contributed by atoms with van der Waals surface area (Å²) in [4.78, 5) is 21.6. The molecule has 3 rings (SSSR count). The second-order valence-electron chi connectivity index (χ2n) is 7.61. The lowest BCUT2D eigenvalue weighted by atomic mass is 10.0. The summed E-state index contributed by atoms with van der Waals surface area (Å²) in [5.74, 6) is 1.40. The molecule has 1 aromatic carbocycles. The second-order valence-corrected chi connectivity index (χ2v) is 7.61. The van der Waals surface area contributed by atoms with Gasteiger partial charge in [0, 0.05) is 31.3 Å². The molecule has 1 aliphatic rings.